The molecule has 3 nitrogen and oxygen atoms in total. The molecule has 0 aromatic carbocycles. The highest BCUT2D eigenvalue weighted by molar-refractivity contribution is 5.04. The number of hydrogen-bond acceptors (Lipinski definition) is 3. The first-order valence-corrected chi connectivity index (χ1v) is 7.72. The normalized spacial score (nSPS) is 38.2. The Bertz CT molecular complexity index is 251. The molecule has 18 heavy (non-hydrogen) atoms. The lowest BCUT2D eigenvalue weighted by molar-refractivity contribution is -0.0864. The van der Waals surface area contributed by atoms with E-state index in [4.69, 9.17) is 10.5 Å². The van der Waals surface area contributed by atoms with Gasteiger partial charge in [0, 0.05) is 19.2 Å². The second kappa shape index (κ2) is 6.36. The lowest BCUT2D eigenvalue weighted by Crippen LogP contribution is -2.64. The van der Waals surface area contributed by atoms with E-state index in [2.05, 4.69) is 11.8 Å². The van der Waals surface area contributed by atoms with Crippen LogP contribution in [0, 0.1) is 5.92 Å². The van der Waals surface area contributed by atoms with Gasteiger partial charge in [-0.25, -0.2) is 0 Å². The van der Waals surface area contributed by atoms with E-state index in [0.717, 1.165) is 25.3 Å². The monoisotopic (exact) mass is 254 g/mol. The predicted octanol–water partition coefficient (Wildman–Crippen LogP) is 2.39. The average molecular weight is 254 g/mol. The highest BCUT2D eigenvalue weighted by Gasteiger charge is 2.47. The number of methoxy groups -OCH3 is 1. The summed E-state index contributed by atoms with van der Waals surface area (Å²) in [6.45, 7) is 5.59. The molecule has 1 aliphatic carbocycles. The molecule has 0 amide bonds. The fraction of sp³-hybridized carbons (Fsp3) is 1.00. The van der Waals surface area contributed by atoms with Crippen molar-refractivity contribution in [2.75, 3.05) is 26.7 Å². The van der Waals surface area contributed by atoms with Crippen LogP contribution < -0.4 is 5.73 Å². The zero-order chi connectivity index (χ0) is 13.0. The summed E-state index contributed by atoms with van der Waals surface area (Å²) in [6.07, 6.45) is 9.60. The number of nitrogens with two attached hydrogens (primary N) is 1. The number of rotatable bonds is 5. The van der Waals surface area contributed by atoms with Gasteiger partial charge in [0.25, 0.3) is 0 Å². The molecule has 1 heterocycles. The van der Waals surface area contributed by atoms with Crippen molar-refractivity contribution < 1.29 is 4.74 Å². The maximum absolute atomic E-state index is 6.06. The second-order valence-corrected chi connectivity index (χ2v) is 6.27. The van der Waals surface area contributed by atoms with Gasteiger partial charge in [0.05, 0.1) is 6.10 Å². The van der Waals surface area contributed by atoms with Gasteiger partial charge in [0.2, 0.25) is 0 Å². The van der Waals surface area contributed by atoms with Crippen molar-refractivity contribution in [1.29, 1.82) is 0 Å². The minimum atomic E-state index is 0.266. The Hall–Kier alpha value is -0.120. The SMILES string of the molecule is CCCC1CCCN(C2(CN)CC(OC)C2)CC1. The minimum absolute atomic E-state index is 0.266. The molecule has 1 unspecified atom stereocenters. The smallest absolute Gasteiger partial charge is 0.0607 e. The minimum Gasteiger partial charge on any atom is -0.381 e. The van der Waals surface area contributed by atoms with E-state index in [1.165, 1.54) is 45.2 Å². The Balaban J connectivity index is 1.89. The molecule has 2 fully saturated rings. The van der Waals surface area contributed by atoms with E-state index in [1.807, 2.05) is 7.11 Å². The van der Waals surface area contributed by atoms with Crippen LogP contribution in [0.1, 0.15) is 51.9 Å². The number of ether oxygens (including phenoxy) is 1. The molecule has 1 atom stereocenters. The summed E-state index contributed by atoms with van der Waals surface area (Å²) in [4.78, 5) is 2.68. The molecule has 106 valence electrons. The third-order valence-corrected chi connectivity index (χ3v) is 5.14. The largest absolute Gasteiger partial charge is 0.381 e. The molecule has 1 saturated heterocycles. The van der Waals surface area contributed by atoms with Gasteiger partial charge in [-0.1, -0.05) is 19.8 Å². The molecule has 2 aliphatic rings. The van der Waals surface area contributed by atoms with E-state index in [-0.39, 0.29) is 5.54 Å². The third-order valence-electron chi connectivity index (χ3n) is 5.14. The van der Waals surface area contributed by atoms with E-state index in [9.17, 15) is 0 Å². The van der Waals surface area contributed by atoms with Gasteiger partial charge in [-0.2, -0.15) is 0 Å². The van der Waals surface area contributed by atoms with Crippen molar-refractivity contribution >= 4 is 0 Å². The van der Waals surface area contributed by atoms with Gasteiger partial charge < -0.3 is 10.5 Å². The van der Waals surface area contributed by atoms with Crippen LogP contribution in [0.25, 0.3) is 0 Å². The van der Waals surface area contributed by atoms with E-state index >= 15 is 0 Å². The first-order chi connectivity index (χ1) is 8.74. The average Bonchev–Trinajstić information content (AvgIpc) is 2.56. The Morgan fingerprint density at radius 1 is 1.28 bits per heavy atom. The van der Waals surface area contributed by atoms with Crippen LogP contribution in [-0.2, 0) is 4.74 Å². The molecule has 1 saturated carbocycles. The van der Waals surface area contributed by atoms with Crippen molar-refractivity contribution in [1.82, 2.24) is 4.90 Å². The summed E-state index contributed by atoms with van der Waals surface area (Å²) in [5, 5.41) is 0. The summed E-state index contributed by atoms with van der Waals surface area (Å²) < 4.78 is 5.44. The maximum Gasteiger partial charge on any atom is 0.0607 e. The molecule has 2 rings (SSSR count). The fourth-order valence-electron chi connectivity index (χ4n) is 3.85. The predicted molar refractivity (Wildman–Crippen MR) is 75.6 cm³/mol. The summed E-state index contributed by atoms with van der Waals surface area (Å²) in [5.41, 5.74) is 6.33. The summed E-state index contributed by atoms with van der Waals surface area (Å²) >= 11 is 0. The van der Waals surface area contributed by atoms with Gasteiger partial charge in [0.15, 0.2) is 0 Å². The first kappa shape index (κ1) is 14.3. The van der Waals surface area contributed by atoms with Crippen molar-refractivity contribution in [3.8, 4) is 0 Å². The Kier molecular flexibility index (Phi) is 5.05. The van der Waals surface area contributed by atoms with Crippen LogP contribution in [0.5, 0.6) is 0 Å². The van der Waals surface area contributed by atoms with Gasteiger partial charge in [-0.3, -0.25) is 4.90 Å². The van der Waals surface area contributed by atoms with E-state index < -0.39 is 0 Å². The highest BCUT2D eigenvalue weighted by atomic mass is 16.5. The van der Waals surface area contributed by atoms with Crippen LogP contribution in [0.4, 0.5) is 0 Å². The number of likely N-dealkylation sites (tertiary alicyclic amines) is 1. The summed E-state index contributed by atoms with van der Waals surface area (Å²) in [7, 11) is 1.82. The Morgan fingerprint density at radius 2 is 2.06 bits per heavy atom. The lowest BCUT2D eigenvalue weighted by Gasteiger charge is -2.53. The molecule has 0 aromatic heterocycles. The van der Waals surface area contributed by atoms with Crippen molar-refractivity contribution in [2.45, 2.75) is 63.5 Å². The van der Waals surface area contributed by atoms with Gasteiger partial charge in [-0.05, 0) is 51.1 Å². The first-order valence-electron chi connectivity index (χ1n) is 7.72. The quantitative estimate of drug-likeness (QED) is 0.819. The zero-order valence-electron chi connectivity index (χ0n) is 12.2. The summed E-state index contributed by atoms with van der Waals surface area (Å²) in [6, 6.07) is 0. The highest BCUT2D eigenvalue weighted by Crippen LogP contribution is 2.40. The molecule has 3 heteroatoms. The zero-order valence-corrected chi connectivity index (χ0v) is 12.2. The van der Waals surface area contributed by atoms with Crippen LogP contribution in [-0.4, -0.2) is 43.3 Å². The maximum atomic E-state index is 6.06. The van der Waals surface area contributed by atoms with Crippen LogP contribution in [0.3, 0.4) is 0 Å². The molecular weight excluding hydrogens is 224 g/mol. The summed E-state index contributed by atoms with van der Waals surface area (Å²) in [5.74, 6) is 0.952. The lowest BCUT2D eigenvalue weighted by atomic mass is 9.72. The van der Waals surface area contributed by atoms with Gasteiger partial charge in [0.1, 0.15) is 0 Å². The molecular formula is C15H30N2O. The van der Waals surface area contributed by atoms with Gasteiger partial charge in [-0.15, -0.1) is 0 Å². The number of nitrogens with zero attached hydrogens (tertiary/aromatic N) is 1. The van der Waals surface area contributed by atoms with Crippen LogP contribution >= 0.6 is 0 Å². The second-order valence-electron chi connectivity index (χ2n) is 6.27. The van der Waals surface area contributed by atoms with Crippen LogP contribution in [0.15, 0.2) is 0 Å². The Morgan fingerprint density at radius 3 is 2.67 bits per heavy atom. The number of hydrogen-bond donors (Lipinski definition) is 1. The van der Waals surface area contributed by atoms with E-state index in [1.54, 1.807) is 0 Å². The molecule has 0 aromatic rings. The van der Waals surface area contributed by atoms with Gasteiger partial charge >= 0.3 is 0 Å². The van der Waals surface area contributed by atoms with Crippen molar-refractivity contribution in [3.63, 3.8) is 0 Å². The third kappa shape index (κ3) is 2.89. The topological polar surface area (TPSA) is 38.5 Å². The molecule has 2 N–H and O–H groups in total. The molecule has 0 radical (unpaired) electrons. The Labute approximate surface area is 112 Å². The van der Waals surface area contributed by atoms with E-state index in [0.29, 0.717) is 6.10 Å². The standard InChI is InChI=1S/C15H30N2O/c1-3-5-13-6-4-8-17(9-7-13)15(12-16)10-14(11-15)18-2/h13-14H,3-12,16H2,1-2H3. The molecule has 1 aliphatic heterocycles. The molecule has 0 spiro atoms. The fourth-order valence-corrected chi connectivity index (χ4v) is 3.85. The van der Waals surface area contributed by atoms with Crippen molar-refractivity contribution in [3.05, 3.63) is 0 Å². The van der Waals surface area contributed by atoms with Crippen LogP contribution in [0.2, 0.25) is 0 Å². The molecule has 0 bridgehead atoms. The van der Waals surface area contributed by atoms with Crippen molar-refractivity contribution in [2.24, 2.45) is 11.7 Å².